The second-order valence-corrected chi connectivity index (χ2v) is 5.78. The Bertz CT molecular complexity index is 635. The van der Waals surface area contributed by atoms with Crippen LogP contribution >= 0.6 is 15.9 Å². The van der Waals surface area contributed by atoms with Gasteiger partial charge in [-0.25, -0.2) is 9.97 Å². The van der Waals surface area contributed by atoms with Crippen molar-refractivity contribution in [2.75, 3.05) is 5.32 Å². The van der Waals surface area contributed by atoms with Crippen LogP contribution in [-0.4, -0.2) is 16.0 Å². The molecular formula is C14H12BrN3. The molecule has 90 valence electrons. The van der Waals surface area contributed by atoms with Gasteiger partial charge in [-0.15, -0.1) is 0 Å². The van der Waals surface area contributed by atoms with Crippen molar-refractivity contribution in [1.29, 1.82) is 0 Å². The normalized spacial score (nSPS) is 16.3. The van der Waals surface area contributed by atoms with E-state index in [9.17, 15) is 0 Å². The Morgan fingerprint density at radius 2 is 2.17 bits per heavy atom. The quantitative estimate of drug-likeness (QED) is 0.788. The van der Waals surface area contributed by atoms with E-state index in [1.54, 1.807) is 0 Å². The Morgan fingerprint density at radius 1 is 1.28 bits per heavy atom. The van der Waals surface area contributed by atoms with Gasteiger partial charge in [0.2, 0.25) is 5.95 Å². The highest BCUT2D eigenvalue weighted by atomic mass is 79.9. The van der Waals surface area contributed by atoms with E-state index in [4.69, 9.17) is 0 Å². The van der Waals surface area contributed by atoms with Crippen LogP contribution in [0.5, 0.6) is 0 Å². The number of hydrogen-bond donors (Lipinski definition) is 1. The Labute approximate surface area is 114 Å². The highest BCUT2D eigenvalue weighted by Gasteiger charge is 2.25. The van der Waals surface area contributed by atoms with Gasteiger partial charge >= 0.3 is 0 Å². The van der Waals surface area contributed by atoms with Crippen LogP contribution in [0.1, 0.15) is 24.0 Å². The fraction of sp³-hybridized carbons (Fsp3) is 0.286. The van der Waals surface area contributed by atoms with Crippen LogP contribution in [0.2, 0.25) is 0 Å². The number of anilines is 1. The molecule has 1 fully saturated rings. The first-order valence-electron chi connectivity index (χ1n) is 6.21. The van der Waals surface area contributed by atoms with E-state index in [1.165, 1.54) is 29.5 Å². The first-order valence-corrected chi connectivity index (χ1v) is 7.01. The molecule has 4 heteroatoms. The van der Waals surface area contributed by atoms with Crippen LogP contribution in [0, 0.1) is 0 Å². The highest BCUT2D eigenvalue weighted by molar-refractivity contribution is 9.10. The van der Waals surface area contributed by atoms with E-state index < -0.39 is 0 Å². The molecule has 0 aliphatic heterocycles. The van der Waals surface area contributed by atoms with Crippen molar-refractivity contribution in [1.82, 2.24) is 9.97 Å². The molecular weight excluding hydrogens is 290 g/mol. The smallest absolute Gasteiger partial charge is 0.223 e. The van der Waals surface area contributed by atoms with Crippen LogP contribution in [0.3, 0.4) is 0 Å². The average molecular weight is 302 g/mol. The van der Waals surface area contributed by atoms with Gasteiger partial charge in [0, 0.05) is 34.3 Å². The van der Waals surface area contributed by atoms with E-state index in [0.717, 1.165) is 22.5 Å². The number of nitrogens with one attached hydrogen (secondary N) is 1. The van der Waals surface area contributed by atoms with Gasteiger partial charge in [0.15, 0.2) is 0 Å². The van der Waals surface area contributed by atoms with Crippen molar-refractivity contribution in [2.24, 2.45) is 0 Å². The molecule has 1 aromatic heterocycles. The average Bonchev–Trinajstić information content (AvgIpc) is 3.10. The number of aromatic nitrogens is 2. The predicted molar refractivity (Wildman–Crippen MR) is 74.6 cm³/mol. The minimum absolute atomic E-state index is 0.589. The minimum atomic E-state index is 0.589. The highest BCUT2D eigenvalue weighted by Crippen LogP contribution is 2.39. The van der Waals surface area contributed by atoms with Crippen molar-refractivity contribution in [3.05, 3.63) is 40.0 Å². The summed E-state index contributed by atoms with van der Waals surface area (Å²) in [6, 6.07) is 6.88. The van der Waals surface area contributed by atoms with Crippen molar-refractivity contribution in [3.63, 3.8) is 0 Å². The molecule has 2 aromatic rings. The monoisotopic (exact) mass is 301 g/mol. The molecule has 1 N–H and O–H groups in total. The Hall–Kier alpha value is -1.42. The molecule has 1 saturated carbocycles. The maximum absolute atomic E-state index is 4.67. The molecule has 1 heterocycles. The second kappa shape index (κ2) is 3.79. The summed E-state index contributed by atoms with van der Waals surface area (Å²) in [4.78, 5) is 9.08. The van der Waals surface area contributed by atoms with E-state index in [-0.39, 0.29) is 0 Å². The van der Waals surface area contributed by atoms with Gasteiger partial charge in [-0.1, -0.05) is 28.1 Å². The maximum atomic E-state index is 4.67. The Morgan fingerprint density at radius 3 is 3.00 bits per heavy atom. The van der Waals surface area contributed by atoms with Crippen molar-refractivity contribution in [3.8, 4) is 11.3 Å². The van der Waals surface area contributed by atoms with Crippen LogP contribution < -0.4 is 5.32 Å². The van der Waals surface area contributed by atoms with Gasteiger partial charge in [-0.05, 0) is 24.5 Å². The summed E-state index contributed by atoms with van der Waals surface area (Å²) in [5, 5.41) is 3.36. The molecule has 0 atom stereocenters. The predicted octanol–water partition coefficient (Wildman–Crippen LogP) is 3.38. The third-order valence-electron chi connectivity index (χ3n) is 3.52. The molecule has 0 amide bonds. The fourth-order valence-corrected chi connectivity index (χ4v) is 2.91. The lowest BCUT2D eigenvalue weighted by Gasteiger charge is -2.05. The second-order valence-electron chi connectivity index (χ2n) is 4.93. The number of rotatable bonds is 2. The van der Waals surface area contributed by atoms with Gasteiger partial charge in [-0.3, -0.25) is 0 Å². The summed E-state index contributed by atoms with van der Waals surface area (Å²) >= 11 is 3.61. The third-order valence-corrected chi connectivity index (χ3v) is 4.26. The first-order chi connectivity index (χ1) is 8.81. The number of hydrogen-bond acceptors (Lipinski definition) is 3. The van der Waals surface area contributed by atoms with Crippen LogP contribution in [0.4, 0.5) is 5.95 Å². The molecule has 18 heavy (non-hydrogen) atoms. The topological polar surface area (TPSA) is 37.8 Å². The van der Waals surface area contributed by atoms with E-state index in [1.807, 2.05) is 6.20 Å². The molecule has 0 bridgehead atoms. The van der Waals surface area contributed by atoms with E-state index >= 15 is 0 Å². The number of benzene rings is 1. The van der Waals surface area contributed by atoms with Crippen LogP contribution in [-0.2, 0) is 6.42 Å². The lowest BCUT2D eigenvalue weighted by Crippen LogP contribution is -2.05. The number of nitrogens with zero attached hydrogens (tertiary/aromatic N) is 2. The molecule has 2 aliphatic rings. The van der Waals surface area contributed by atoms with Crippen molar-refractivity contribution >= 4 is 21.9 Å². The molecule has 2 aliphatic carbocycles. The van der Waals surface area contributed by atoms with Gasteiger partial charge in [-0.2, -0.15) is 0 Å². The maximum Gasteiger partial charge on any atom is 0.223 e. The standard InChI is InChI=1S/C14H12BrN3/c15-12-3-1-2-10-11(12)6-8-7-16-14(18-13(8)10)17-9-4-5-9/h1-3,7,9H,4-6H2,(H,16,17,18). The first kappa shape index (κ1) is 10.5. The zero-order valence-electron chi connectivity index (χ0n) is 9.78. The summed E-state index contributed by atoms with van der Waals surface area (Å²) < 4.78 is 1.16. The molecule has 0 saturated heterocycles. The van der Waals surface area contributed by atoms with Crippen molar-refractivity contribution in [2.45, 2.75) is 25.3 Å². The van der Waals surface area contributed by atoms with Gasteiger partial charge in [0.1, 0.15) is 0 Å². The SMILES string of the molecule is Brc1cccc2c1Cc1cnc(NC3CC3)nc1-2. The summed E-state index contributed by atoms with van der Waals surface area (Å²) in [6.07, 6.45) is 5.36. The Balaban J connectivity index is 1.80. The molecule has 4 rings (SSSR count). The van der Waals surface area contributed by atoms with Gasteiger partial charge in [0.25, 0.3) is 0 Å². The largest absolute Gasteiger partial charge is 0.351 e. The molecule has 0 radical (unpaired) electrons. The fourth-order valence-electron chi connectivity index (χ4n) is 2.40. The molecule has 0 unspecified atom stereocenters. The van der Waals surface area contributed by atoms with Gasteiger partial charge < -0.3 is 5.32 Å². The summed E-state index contributed by atoms with van der Waals surface area (Å²) in [5.41, 5.74) is 4.87. The van der Waals surface area contributed by atoms with E-state index in [0.29, 0.717) is 6.04 Å². The third kappa shape index (κ3) is 1.63. The number of fused-ring (bicyclic) bond motifs is 3. The Kier molecular flexibility index (Phi) is 2.21. The zero-order valence-corrected chi connectivity index (χ0v) is 11.4. The summed E-state index contributed by atoms with van der Waals surface area (Å²) in [5.74, 6) is 0.768. The lowest BCUT2D eigenvalue weighted by atomic mass is 10.1. The molecule has 0 spiro atoms. The van der Waals surface area contributed by atoms with Gasteiger partial charge in [0.05, 0.1) is 5.69 Å². The zero-order chi connectivity index (χ0) is 12.1. The summed E-state index contributed by atoms with van der Waals surface area (Å²) in [7, 11) is 0. The molecule has 1 aromatic carbocycles. The van der Waals surface area contributed by atoms with Crippen LogP contribution in [0.15, 0.2) is 28.9 Å². The summed E-state index contributed by atoms with van der Waals surface area (Å²) in [6.45, 7) is 0. The number of halogens is 1. The lowest BCUT2D eigenvalue weighted by molar-refractivity contribution is 1.04. The van der Waals surface area contributed by atoms with Crippen molar-refractivity contribution < 1.29 is 0 Å². The minimum Gasteiger partial charge on any atom is -0.351 e. The van der Waals surface area contributed by atoms with E-state index in [2.05, 4.69) is 49.4 Å². The molecule has 3 nitrogen and oxygen atoms in total. The van der Waals surface area contributed by atoms with Crippen LogP contribution in [0.25, 0.3) is 11.3 Å².